The van der Waals surface area contributed by atoms with E-state index < -0.39 is 0 Å². The molecule has 0 fully saturated rings. The molecule has 0 N–H and O–H groups in total. The summed E-state index contributed by atoms with van der Waals surface area (Å²) in [6.07, 6.45) is 0. The number of rotatable bonds is 1. The van der Waals surface area contributed by atoms with Crippen LogP contribution in [-0.4, -0.2) is 23.2 Å². The molecule has 1 aromatic rings. The third kappa shape index (κ3) is 1.75. The van der Waals surface area contributed by atoms with Gasteiger partial charge in [-0.15, -0.1) is 0 Å². The molecule has 0 spiro atoms. The summed E-state index contributed by atoms with van der Waals surface area (Å²) < 4.78 is 1.60. The molecule has 60 valence electrons. The van der Waals surface area contributed by atoms with Gasteiger partial charge in [0.25, 0.3) is 0 Å². The molecule has 0 atom stereocenters. The van der Waals surface area contributed by atoms with Crippen LogP contribution in [0.1, 0.15) is 16.7 Å². The number of hydrogen-bond acceptors (Lipinski definition) is 0. The molecule has 2 heteroatoms. The van der Waals surface area contributed by atoms with E-state index in [0.717, 1.165) is 14.3 Å². The first-order valence-electron chi connectivity index (χ1n) is 3.77. The van der Waals surface area contributed by atoms with Crippen molar-refractivity contribution in [2.45, 2.75) is 20.8 Å². The van der Waals surface area contributed by atoms with Crippen LogP contribution in [0.2, 0.25) is 0 Å². The van der Waals surface area contributed by atoms with E-state index in [1.165, 1.54) is 25.5 Å². The molecule has 0 bridgehead atoms. The molecule has 1 aromatic carbocycles. The van der Waals surface area contributed by atoms with Crippen LogP contribution in [0.4, 0.5) is 0 Å². The van der Waals surface area contributed by atoms with Gasteiger partial charge in [-0.05, 0) is 0 Å². The predicted octanol–water partition coefficient (Wildman–Crippen LogP) is 0.222. The van der Waals surface area contributed by atoms with Crippen molar-refractivity contribution < 1.29 is 0 Å². The maximum atomic E-state index is 2.30. The van der Waals surface area contributed by atoms with Crippen molar-refractivity contribution in [2.24, 2.45) is 0 Å². The van der Waals surface area contributed by atoms with Crippen LogP contribution in [-0.2, 0) is 0 Å². The van der Waals surface area contributed by atoms with Gasteiger partial charge in [-0.3, -0.25) is 0 Å². The summed E-state index contributed by atoms with van der Waals surface area (Å²) in [5, 5.41) is 0. The fraction of sp³-hybridized carbons (Fsp3) is 0.333. The van der Waals surface area contributed by atoms with Gasteiger partial charge in [0, 0.05) is 0 Å². The van der Waals surface area contributed by atoms with Crippen LogP contribution >= 0.6 is 0 Å². The zero-order chi connectivity index (χ0) is 8.43. The van der Waals surface area contributed by atoms with Gasteiger partial charge < -0.3 is 0 Å². The second-order valence-electron chi connectivity index (χ2n) is 2.83. The first-order chi connectivity index (χ1) is 5.16. The van der Waals surface area contributed by atoms with Crippen LogP contribution in [0.5, 0.6) is 0 Å². The Labute approximate surface area is 77.4 Å². The first kappa shape index (κ1) is 9.05. The Bertz CT molecular complexity index is 269. The van der Waals surface area contributed by atoms with E-state index in [1.807, 2.05) is 0 Å². The molecule has 0 amide bonds. The summed E-state index contributed by atoms with van der Waals surface area (Å²) in [4.78, 5) is 0. The molecule has 0 nitrogen and oxygen atoms in total. The minimum absolute atomic E-state index is 0.780. The number of benzene rings is 1. The van der Waals surface area contributed by atoms with Gasteiger partial charge in [-0.25, -0.2) is 0 Å². The molecule has 11 heavy (non-hydrogen) atoms. The zero-order valence-electron chi connectivity index (χ0n) is 7.56. The first-order valence-corrected chi connectivity index (χ1v) is 10.6. The molecule has 0 saturated carbocycles. The predicted molar refractivity (Wildman–Crippen MR) is 56.0 cm³/mol. The van der Waals surface area contributed by atoms with Gasteiger partial charge >= 0.3 is 77.2 Å². The van der Waals surface area contributed by atoms with E-state index in [9.17, 15) is 0 Å². The van der Waals surface area contributed by atoms with Crippen LogP contribution in [0, 0.1) is 20.8 Å². The molecule has 0 unspecified atom stereocenters. The van der Waals surface area contributed by atoms with Gasteiger partial charge in [-0.2, -0.15) is 0 Å². The Morgan fingerprint density at radius 3 is 2.27 bits per heavy atom. The Kier molecular flexibility index (Phi) is 2.94. The van der Waals surface area contributed by atoms with Gasteiger partial charge in [0.15, 0.2) is 0 Å². The Balaban J connectivity index is 3.25. The second kappa shape index (κ2) is 3.57. The monoisotopic (exact) mass is 230 g/mol. The summed E-state index contributed by atoms with van der Waals surface area (Å²) >= 11 is 0.780. The molecule has 0 aromatic heterocycles. The van der Waals surface area contributed by atoms with E-state index in [0.29, 0.717) is 0 Å². The third-order valence-corrected chi connectivity index (χ3v) is 6.36. The summed E-state index contributed by atoms with van der Waals surface area (Å²) in [6, 6.07) is 4.54. The van der Waals surface area contributed by atoms with E-state index in [-0.39, 0.29) is 0 Å². The van der Waals surface area contributed by atoms with Crippen molar-refractivity contribution in [3.8, 4) is 0 Å². The Hall–Kier alpha value is -0.0436. The quantitative estimate of drug-likeness (QED) is 0.604. The summed E-state index contributed by atoms with van der Waals surface area (Å²) in [7, 11) is 1.33. The van der Waals surface area contributed by atoms with Crippen molar-refractivity contribution in [3.05, 3.63) is 28.8 Å². The van der Waals surface area contributed by atoms with Crippen molar-refractivity contribution in [2.75, 3.05) is 0 Å². The molecule has 0 radical (unpaired) electrons. The van der Waals surface area contributed by atoms with E-state index in [1.54, 1.807) is 4.46 Å². The van der Waals surface area contributed by atoms with Crippen LogP contribution < -0.4 is 4.46 Å². The fourth-order valence-electron chi connectivity index (χ4n) is 1.15. The molecule has 1 rings (SSSR count). The molecule has 0 aliphatic heterocycles. The average Bonchev–Trinajstić information content (AvgIpc) is 2.01. The normalized spacial score (nSPS) is 10.5. The van der Waals surface area contributed by atoms with Crippen LogP contribution in [0.15, 0.2) is 12.1 Å². The number of hydrogen-bond donors (Lipinski definition) is 0. The van der Waals surface area contributed by atoms with Gasteiger partial charge in [0.05, 0.1) is 0 Å². The molecule has 0 heterocycles. The second-order valence-corrected chi connectivity index (χ2v) is 6.74. The van der Waals surface area contributed by atoms with Crippen LogP contribution in [0.3, 0.4) is 0 Å². The standard InChI is InChI=1S/C9H14SeSi/c1-6-4-5-9(10-11)8(3)7(6)2/h4-5H,1-3,11H3. The average molecular weight is 229 g/mol. The van der Waals surface area contributed by atoms with Crippen LogP contribution in [0.25, 0.3) is 0 Å². The number of aryl methyl sites for hydroxylation is 1. The SMILES string of the molecule is Cc1ccc([Se][SiH3])c(C)c1C. The fourth-order valence-corrected chi connectivity index (χ4v) is 4.84. The molecular formula is C9H14SeSi. The molecular weight excluding hydrogens is 215 g/mol. The molecule has 0 aliphatic carbocycles. The zero-order valence-corrected chi connectivity index (χ0v) is 11.3. The van der Waals surface area contributed by atoms with Gasteiger partial charge in [0.2, 0.25) is 0 Å². The maximum absolute atomic E-state index is 2.30. The van der Waals surface area contributed by atoms with Crippen molar-refractivity contribution in [3.63, 3.8) is 0 Å². The molecule has 0 saturated heterocycles. The summed E-state index contributed by atoms with van der Waals surface area (Å²) in [5.74, 6) is 0. The topological polar surface area (TPSA) is 0 Å². The third-order valence-electron chi connectivity index (χ3n) is 2.23. The summed E-state index contributed by atoms with van der Waals surface area (Å²) in [6.45, 7) is 6.66. The van der Waals surface area contributed by atoms with Crippen molar-refractivity contribution >= 4 is 27.6 Å². The molecule has 0 aliphatic rings. The van der Waals surface area contributed by atoms with Crippen molar-refractivity contribution in [1.82, 2.24) is 0 Å². The van der Waals surface area contributed by atoms with Gasteiger partial charge in [-0.1, -0.05) is 0 Å². The van der Waals surface area contributed by atoms with E-state index in [2.05, 4.69) is 32.9 Å². The van der Waals surface area contributed by atoms with E-state index >= 15 is 0 Å². The Morgan fingerprint density at radius 2 is 1.73 bits per heavy atom. The van der Waals surface area contributed by atoms with E-state index in [4.69, 9.17) is 0 Å². The van der Waals surface area contributed by atoms with Crippen molar-refractivity contribution in [1.29, 1.82) is 0 Å². The minimum atomic E-state index is 0.780. The summed E-state index contributed by atoms with van der Waals surface area (Å²) in [5.41, 5.74) is 4.44. The Morgan fingerprint density at radius 1 is 1.09 bits per heavy atom. The van der Waals surface area contributed by atoms with Gasteiger partial charge in [0.1, 0.15) is 0 Å².